The zero-order chi connectivity index (χ0) is 13.2. The lowest BCUT2D eigenvalue weighted by atomic mass is 9.97. The minimum Gasteiger partial charge on any atom is -0.394 e. The number of rotatable bonds is 3. The zero-order valence-electron chi connectivity index (χ0n) is 11.0. The second-order valence-electron chi connectivity index (χ2n) is 5.43. The first-order chi connectivity index (χ1) is 9.29. The van der Waals surface area contributed by atoms with Crippen molar-refractivity contribution in [2.75, 3.05) is 25.0 Å². The van der Waals surface area contributed by atoms with Crippen LogP contribution in [0.1, 0.15) is 30.7 Å². The van der Waals surface area contributed by atoms with Crippen molar-refractivity contribution in [2.45, 2.75) is 31.2 Å². The Balaban J connectivity index is 1.68. The molecule has 2 heterocycles. The molecule has 19 heavy (non-hydrogen) atoms. The molecule has 0 radical (unpaired) electrons. The largest absolute Gasteiger partial charge is 0.394 e. The summed E-state index contributed by atoms with van der Waals surface area (Å²) in [4.78, 5) is 14.2. The maximum absolute atomic E-state index is 12.4. The summed E-state index contributed by atoms with van der Waals surface area (Å²) >= 11 is 0. The van der Waals surface area contributed by atoms with Gasteiger partial charge in [0.2, 0.25) is 5.91 Å². The Labute approximate surface area is 113 Å². The van der Waals surface area contributed by atoms with E-state index >= 15 is 0 Å². The minimum absolute atomic E-state index is 0.0390. The molecule has 1 aromatic carbocycles. The number of hydrogen-bond acceptors (Lipinski definition) is 3. The maximum Gasteiger partial charge on any atom is 0.223 e. The highest BCUT2D eigenvalue weighted by Gasteiger charge is 2.31. The Morgan fingerprint density at radius 3 is 3.11 bits per heavy atom. The van der Waals surface area contributed by atoms with Crippen LogP contribution in [0.4, 0.5) is 5.69 Å². The van der Waals surface area contributed by atoms with E-state index in [0.29, 0.717) is 6.42 Å². The Kier molecular flexibility index (Phi) is 3.42. The number of benzene rings is 1. The van der Waals surface area contributed by atoms with Crippen molar-refractivity contribution >= 4 is 11.6 Å². The van der Waals surface area contributed by atoms with Gasteiger partial charge in [-0.05, 0) is 24.5 Å². The number of nitrogens with zero attached hydrogens (tertiary/aromatic N) is 1. The summed E-state index contributed by atoms with van der Waals surface area (Å²) in [5.74, 6) is 0.448. The molecule has 0 bridgehead atoms. The summed E-state index contributed by atoms with van der Waals surface area (Å²) < 4.78 is 0. The predicted octanol–water partition coefficient (Wildman–Crippen LogP) is 1.57. The number of anilines is 1. The molecule has 1 unspecified atom stereocenters. The Bertz CT molecular complexity index is 475. The molecule has 4 nitrogen and oxygen atoms in total. The van der Waals surface area contributed by atoms with Crippen LogP contribution in [0.2, 0.25) is 0 Å². The molecule has 102 valence electrons. The number of nitrogens with one attached hydrogen (secondary N) is 1. The number of likely N-dealkylation sites (tertiary alicyclic amines) is 1. The van der Waals surface area contributed by atoms with Crippen LogP contribution < -0.4 is 5.32 Å². The zero-order valence-corrected chi connectivity index (χ0v) is 11.0. The molecule has 2 atom stereocenters. The molecule has 0 spiro atoms. The number of aliphatic hydroxyl groups excluding tert-OH is 1. The summed E-state index contributed by atoms with van der Waals surface area (Å²) in [6.07, 6.45) is 2.48. The predicted molar refractivity (Wildman–Crippen MR) is 74.1 cm³/mol. The quantitative estimate of drug-likeness (QED) is 0.867. The van der Waals surface area contributed by atoms with Crippen molar-refractivity contribution in [3.8, 4) is 0 Å². The summed E-state index contributed by atoms with van der Waals surface area (Å²) in [7, 11) is 0. The van der Waals surface area contributed by atoms with E-state index in [1.54, 1.807) is 0 Å². The van der Waals surface area contributed by atoms with Gasteiger partial charge in [-0.15, -0.1) is 0 Å². The van der Waals surface area contributed by atoms with Crippen LogP contribution in [0.25, 0.3) is 0 Å². The highest BCUT2D eigenvalue weighted by atomic mass is 16.3. The van der Waals surface area contributed by atoms with Crippen LogP contribution in [-0.4, -0.2) is 41.7 Å². The van der Waals surface area contributed by atoms with Crippen molar-refractivity contribution < 1.29 is 9.90 Å². The van der Waals surface area contributed by atoms with Crippen LogP contribution in [0.5, 0.6) is 0 Å². The van der Waals surface area contributed by atoms with Crippen molar-refractivity contribution in [3.05, 3.63) is 29.8 Å². The second-order valence-corrected chi connectivity index (χ2v) is 5.43. The Morgan fingerprint density at radius 1 is 1.42 bits per heavy atom. The summed E-state index contributed by atoms with van der Waals surface area (Å²) in [5.41, 5.74) is 2.40. The van der Waals surface area contributed by atoms with E-state index < -0.39 is 0 Å². The summed E-state index contributed by atoms with van der Waals surface area (Å²) in [6.45, 7) is 1.72. The monoisotopic (exact) mass is 260 g/mol. The lowest BCUT2D eigenvalue weighted by molar-refractivity contribution is -0.133. The van der Waals surface area contributed by atoms with Gasteiger partial charge in [0.05, 0.1) is 12.6 Å². The number of carbonyl (C=O) groups excluding carboxylic acids is 1. The first-order valence-corrected chi connectivity index (χ1v) is 7.02. The van der Waals surface area contributed by atoms with Gasteiger partial charge in [0, 0.05) is 31.1 Å². The normalized spacial score (nSPS) is 25.2. The Hall–Kier alpha value is -1.55. The van der Waals surface area contributed by atoms with E-state index in [4.69, 9.17) is 0 Å². The first-order valence-electron chi connectivity index (χ1n) is 7.02. The highest BCUT2D eigenvalue weighted by Crippen LogP contribution is 2.34. The van der Waals surface area contributed by atoms with Crippen molar-refractivity contribution in [1.29, 1.82) is 0 Å². The fraction of sp³-hybridized carbons (Fsp3) is 0.533. The van der Waals surface area contributed by atoms with E-state index in [0.717, 1.165) is 31.6 Å². The van der Waals surface area contributed by atoms with E-state index in [9.17, 15) is 9.90 Å². The van der Waals surface area contributed by atoms with Gasteiger partial charge in [-0.1, -0.05) is 18.2 Å². The number of aliphatic hydroxyl groups is 1. The number of fused-ring (bicyclic) bond motifs is 1. The van der Waals surface area contributed by atoms with Crippen LogP contribution in [0.15, 0.2) is 24.3 Å². The van der Waals surface area contributed by atoms with Crippen molar-refractivity contribution in [1.82, 2.24) is 4.90 Å². The van der Waals surface area contributed by atoms with Gasteiger partial charge >= 0.3 is 0 Å². The maximum atomic E-state index is 12.4. The van der Waals surface area contributed by atoms with E-state index in [-0.39, 0.29) is 24.5 Å². The number of para-hydroxylation sites is 1. The van der Waals surface area contributed by atoms with Crippen LogP contribution in [-0.2, 0) is 4.79 Å². The molecule has 0 saturated carbocycles. The molecule has 3 rings (SSSR count). The highest BCUT2D eigenvalue weighted by molar-refractivity contribution is 5.79. The van der Waals surface area contributed by atoms with Gasteiger partial charge in [-0.3, -0.25) is 4.79 Å². The van der Waals surface area contributed by atoms with Gasteiger partial charge in [0.1, 0.15) is 0 Å². The molecular weight excluding hydrogens is 240 g/mol. The smallest absolute Gasteiger partial charge is 0.223 e. The van der Waals surface area contributed by atoms with Crippen molar-refractivity contribution in [2.24, 2.45) is 0 Å². The summed E-state index contributed by atoms with van der Waals surface area (Å²) in [6, 6.07) is 8.23. The first kappa shape index (κ1) is 12.5. The molecule has 1 amide bonds. The fourth-order valence-corrected chi connectivity index (χ4v) is 3.22. The number of hydrogen-bond donors (Lipinski definition) is 2. The van der Waals surface area contributed by atoms with Gasteiger partial charge in [0.15, 0.2) is 0 Å². The van der Waals surface area contributed by atoms with Gasteiger partial charge in [-0.2, -0.15) is 0 Å². The lowest BCUT2D eigenvalue weighted by Crippen LogP contribution is -2.38. The molecule has 2 aliphatic rings. The number of carbonyl (C=O) groups is 1. The number of amides is 1. The molecule has 1 fully saturated rings. The lowest BCUT2D eigenvalue weighted by Gasteiger charge is -2.24. The minimum atomic E-state index is 0.0390. The molecule has 4 heteroatoms. The average molecular weight is 260 g/mol. The van der Waals surface area contributed by atoms with Gasteiger partial charge < -0.3 is 15.3 Å². The molecule has 0 aromatic heterocycles. The van der Waals surface area contributed by atoms with Crippen LogP contribution >= 0.6 is 0 Å². The van der Waals surface area contributed by atoms with Crippen molar-refractivity contribution in [3.63, 3.8) is 0 Å². The fourth-order valence-electron chi connectivity index (χ4n) is 3.22. The molecule has 2 aliphatic heterocycles. The third kappa shape index (κ3) is 2.32. The topological polar surface area (TPSA) is 52.6 Å². The molecular formula is C15H20N2O2. The van der Waals surface area contributed by atoms with Crippen LogP contribution in [0, 0.1) is 0 Å². The average Bonchev–Trinajstić information content (AvgIpc) is 3.05. The van der Waals surface area contributed by atoms with E-state index in [1.807, 2.05) is 17.0 Å². The van der Waals surface area contributed by atoms with Gasteiger partial charge in [0.25, 0.3) is 0 Å². The third-order valence-corrected chi connectivity index (χ3v) is 4.27. The van der Waals surface area contributed by atoms with E-state index in [2.05, 4.69) is 17.4 Å². The SMILES string of the molecule is O=C(CC1CNc2ccccc21)N1CCC[C@@H]1CO. The molecule has 1 saturated heterocycles. The third-order valence-electron chi connectivity index (χ3n) is 4.27. The van der Waals surface area contributed by atoms with Gasteiger partial charge in [-0.25, -0.2) is 0 Å². The molecule has 2 N–H and O–H groups in total. The summed E-state index contributed by atoms with van der Waals surface area (Å²) in [5, 5.41) is 12.6. The standard InChI is InChI=1S/C15H20N2O2/c18-10-12-4-3-7-17(12)15(19)8-11-9-16-14-6-2-1-5-13(11)14/h1-2,5-6,11-12,16,18H,3-4,7-10H2/t11?,12-/m1/s1. The molecule has 0 aliphatic carbocycles. The van der Waals surface area contributed by atoms with Crippen LogP contribution in [0.3, 0.4) is 0 Å². The Morgan fingerprint density at radius 2 is 2.26 bits per heavy atom. The molecule has 1 aromatic rings. The second kappa shape index (κ2) is 5.21. The van der Waals surface area contributed by atoms with E-state index in [1.165, 1.54) is 5.56 Å².